The number of benzene rings is 2. The minimum atomic E-state index is 0.777. The van der Waals surface area contributed by atoms with Gasteiger partial charge in [-0.3, -0.25) is 4.79 Å². The van der Waals surface area contributed by atoms with Crippen LogP contribution in [0.25, 0.3) is 0 Å². The molecule has 0 saturated heterocycles. The molecule has 0 spiro atoms. The van der Waals surface area contributed by atoms with E-state index in [1.54, 1.807) is 0 Å². The Bertz CT molecular complexity index is 557. The molecule has 0 N–H and O–H groups in total. The first-order valence-corrected chi connectivity index (χ1v) is 7.88. The molecule has 0 atom stereocenters. The van der Waals surface area contributed by atoms with E-state index in [1.807, 2.05) is 12.1 Å². The second-order valence-corrected chi connectivity index (χ2v) is 5.70. The zero-order valence-corrected chi connectivity index (χ0v) is 12.8. The van der Waals surface area contributed by atoms with Crippen molar-refractivity contribution in [2.45, 2.75) is 45.4 Å². The molecule has 0 saturated carbocycles. The Morgan fingerprint density at radius 2 is 1.57 bits per heavy atom. The highest BCUT2D eigenvalue weighted by molar-refractivity contribution is 5.75. The number of aryl methyl sites for hydroxylation is 3. The SMILES string of the molecule is Cc1cc(C=O)ccc1CCCCCCc1ccccc1. The molecule has 0 amide bonds. The Labute approximate surface area is 128 Å². The molecule has 21 heavy (non-hydrogen) atoms. The van der Waals surface area contributed by atoms with E-state index in [4.69, 9.17) is 0 Å². The highest BCUT2D eigenvalue weighted by Crippen LogP contribution is 2.15. The van der Waals surface area contributed by atoms with Crippen molar-refractivity contribution >= 4 is 6.29 Å². The van der Waals surface area contributed by atoms with Crippen molar-refractivity contribution in [1.29, 1.82) is 0 Å². The van der Waals surface area contributed by atoms with Gasteiger partial charge < -0.3 is 0 Å². The third-order valence-electron chi connectivity index (χ3n) is 4.01. The zero-order chi connectivity index (χ0) is 14.9. The monoisotopic (exact) mass is 280 g/mol. The van der Waals surface area contributed by atoms with E-state index < -0.39 is 0 Å². The van der Waals surface area contributed by atoms with Crippen molar-refractivity contribution in [3.63, 3.8) is 0 Å². The maximum absolute atomic E-state index is 10.7. The molecular weight excluding hydrogens is 256 g/mol. The van der Waals surface area contributed by atoms with E-state index in [9.17, 15) is 4.79 Å². The van der Waals surface area contributed by atoms with Gasteiger partial charge in [-0.1, -0.05) is 55.3 Å². The number of hydrogen-bond donors (Lipinski definition) is 0. The molecule has 0 radical (unpaired) electrons. The summed E-state index contributed by atoms with van der Waals surface area (Å²) in [5, 5.41) is 0. The van der Waals surface area contributed by atoms with E-state index >= 15 is 0 Å². The summed E-state index contributed by atoms with van der Waals surface area (Å²) in [5.41, 5.74) is 4.84. The van der Waals surface area contributed by atoms with Crippen molar-refractivity contribution in [1.82, 2.24) is 0 Å². The van der Waals surface area contributed by atoms with Gasteiger partial charge in [0.1, 0.15) is 6.29 Å². The summed E-state index contributed by atoms with van der Waals surface area (Å²) in [7, 11) is 0. The number of rotatable bonds is 8. The van der Waals surface area contributed by atoms with Crippen LogP contribution in [0.15, 0.2) is 48.5 Å². The molecule has 0 heterocycles. The number of carbonyl (C=O) groups excluding carboxylic acids is 1. The summed E-state index contributed by atoms with van der Waals surface area (Å²) in [4.78, 5) is 10.7. The molecule has 0 unspecified atom stereocenters. The first kappa shape index (κ1) is 15.5. The lowest BCUT2D eigenvalue weighted by Gasteiger charge is -2.06. The molecule has 2 rings (SSSR count). The van der Waals surface area contributed by atoms with Gasteiger partial charge >= 0.3 is 0 Å². The summed E-state index contributed by atoms with van der Waals surface area (Å²) in [5.74, 6) is 0. The zero-order valence-electron chi connectivity index (χ0n) is 12.8. The third kappa shape index (κ3) is 5.18. The summed E-state index contributed by atoms with van der Waals surface area (Å²) < 4.78 is 0. The smallest absolute Gasteiger partial charge is 0.150 e. The number of unbranched alkanes of at least 4 members (excludes halogenated alkanes) is 3. The standard InChI is InChI=1S/C20H24O/c1-17-15-19(16-21)13-14-20(17)12-8-3-2-5-9-18-10-6-4-7-11-18/h4,6-7,10-11,13-16H,2-3,5,8-9,12H2,1H3. The highest BCUT2D eigenvalue weighted by atomic mass is 16.1. The van der Waals surface area contributed by atoms with E-state index in [0.29, 0.717) is 0 Å². The van der Waals surface area contributed by atoms with Gasteiger partial charge in [-0.05, 0) is 55.4 Å². The normalized spacial score (nSPS) is 10.5. The van der Waals surface area contributed by atoms with Gasteiger partial charge in [-0.25, -0.2) is 0 Å². The van der Waals surface area contributed by atoms with Crippen LogP contribution in [0.5, 0.6) is 0 Å². The average molecular weight is 280 g/mol. The van der Waals surface area contributed by atoms with Crippen molar-refractivity contribution in [2.24, 2.45) is 0 Å². The average Bonchev–Trinajstić information content (AvgIpc) is 2.53. The Balaban J connectivity index is 1.65. The van der Waals surface area contributed by atoms with E-state index in [1.165, 1.54) is 48.8 Å². The van der Waals surface area contributed by atoms with Crippen LogP contribution in [0.1, 0.15) is 52.7 Å². The van der Waals surface area contributed by atoms with Crippen LogP contribution < -0.4 is 0 Å². The van der Waals surface area contributed by atoms with Gasteiger partial charge in [-0.2, -0.15) is 0 Å². The predicted molar refractivity (Wildman–Crippen MR) is 88.9 cm³/mol. The Kier molecular flexibility index (Phi) is 6.21. The van der Waals surface area contributed by atoms with Gasteiger partial charge in [0, 0.05) is 5.56 Å². The molecule has 0 aromatic heterocycles. The highest BCUT2D eigenvalue weighted by Gasteiger charge is 2.00. The van der Waals surface area contributed by atoms with Crippen LogP contribution in [0.2, 0.25) is 0 Å². The lowest BCUT2D eigenvalue weighted by atomic mass is 9.99. The summed E-state index contributed by atoms with van der Waals surface area (Å²) >= 11 is 0. The third-order valence-corrected chi connectivity index (χ3v) is 4.01. The fraction of sp³-hybridized carbons (Fsp3) is 0.350. The molecular formula is C20H24O. The number of carbonyl (C=O) groups is 1. The number of hydrogen-bond acceptors (Lipinski definition) is 1. The van der Waals surface area contributed by atoms with Gasteiger partial charge in [0.05, 0.1) is 0 Å². The van der Waals surface area contributed by atoms with E-state index in [-0.39, 0.29) is 0 Å². The van der Waals surface area contributed by atoms with Crippen molar-refractivity contribution in [3.8, 4) is 0 Å². The van der Waals surface area contributed by atoms with Crippen molar-refractivity contribution in [2.75, 3.05) is 0 Å². The Morgan fingerprint density at radius 1 is 0.857 bits per heavy atom. The van der Waals surface area contributed by atoms with Crippen LogP contribution >= 0.6 is 0 Å². The second-order valence-electron chi connectivity index (χ2n) is 5.70. The van der Waals surface area contributed by atoms with Crippen LogP contribution in [0.4, 0.5) is 0 Å². The summed E-state index contributed by atoms with van der Waals surface area (Å²) in [6.45, 7) is 2.09. The molecule has 0 aliphatic rings. The van der Waals surface area contributed by atoms with Gasteiger partial charge in [0.2, 0.25) is 0 Å². The quantitative estimate of drug-likeness (QED) is 0.482. The first-order valence-electron chi connectivity index (χ1n) is 7.88. The maximum atomic E-state index is 10.7. The first-order chi connectivity index (χ1) is 10.3. The topological polar surface area (TPSA) is 17.1 Å². The Morgan fingerprint density at radius 3 is 2.24 bits per heavy atom. The molecule has 2 aromatic carbocycles. The molecule has 2 aromatic rings. The molecule has 0 aliphatic carbocycles. The van der Waals surface area contributed by atoms with Gasteiger partial charge in [0.25, 0.3) is 0 Å². The second kappa shape index (κ2) is 8.41. The molecule has 110 valence electrons. The lowest BCUT2D eigenvalue weighted by molar-refractivity contribution is 0.112. The van der Waals surface area contributed by atoms with Crippen molar-refractivity contribution < 1.29 is 4.79 Å². The lowest BCUT2D eigenvalue weighted by Crippen LogP contribution is -1.93. The molecule has 0 bridgehead atoms. The van der Waals surface area contributed by atoms with Gasteiger partial charge in [-0.15, -0.1) is 0 Å². The minimum absolute atomic E-state index is 0.777. The Hall–Kier alpha value is -1.89. The van der Waals surface area contributed by atoms with Crippen LogP contribution in [0.3, 0.4) is 0 Å². The maximum Gasteiger partial charge on any atom is 0.150 e. The fourth-order valence-electron chi connectivity index (χ4n) is 2.72. The fourth-order valence-corrected chi connectivity index (χ4v) is 2.72. The summed E-state index contributed by atoms with van der Waals surface area (Å²) in [6, 6.07) is 16.7. The predicted octanol–water partition coefficient (Wildman–Crippen LogP) is 5.15. The van der Waals surface area contributed by atoms with E-state index in [0.717, 1.165) is 18.3 Å². The molecule has 1 nitrogen and oxygen atoms in total. The molecule has 0 fully saturated rings. The van der Waals surface area contributed by atoms with Gasteiger partial charge in [0.15, 0.2) is 0 Å². The summed E-state index contributed by atoms with van der Waals surface area (Å²) in [6.07, 6.45) is 8.30. The molecule has 1 heteroatoms. The van der Waals surface area contributed by atoms with Crippen molar-refractivity contribution in [3.05, 3.63) is 70.8 Å². The van der Waals surface area contributed by atoms with Crippen LogP contribution in [-0.4, -0.2) is 6.29 Å². The minimum Gasteiger partial charge on any atom is -0.298 e. The largest absolute Gasteiger partial charge is 0.298 e. The van der Waals surface area contributed by atoms with Crippen LogP contribution in [-0.2, 0) is 12.8 Å². The van der Waals surface area contributed by atoms with Crippen LogP contribution in [0, 0.1) is 6.92 Å². The molecule has 0 aliphatic heterocycles. The van der Waals surface area contributed by atoms with E-state index in [2.05, 4.69) is 43.3 Å². The number of aldehydes is 1.